The quantitative estimate of drug-likeness (QED) is 0.890. The molecular formula is C15H16FNO2. The SMILES string of the molecule is Cc1ccc(NC(=O)c2c(C)oc(C)c2C)cc1F. The lowest BCUT2D eigenvalue weighted by atomic mass is 10.1. The first-order valence-corrected chi connectivity index (χ1v) is 6.04. The van der Waals surface area contributed by atoms with Gasteiger partial charge in [0.2, 0.25) is 0 Å². The van der Waals surface area contributed by atoms with Crippen molar-refractivity contribution in [3.05, 3.63) is 52.2 Å². The second-order valence-electron chi connectivity index (χ2n) is 4.63. The predicted octanol–water partition coefficient (Wildman–Crippen LogP) is 3.90. The number of furan rings is 1. The van der Waals surface area contributed by atoms with Crippen LogP contribution in [0.4, 0.5) is 10.1 Å². The van der Waals surface area contributed by atoms with Crippen molar-refractivity contribution >= 4 is 11.6 Å². The van der Waals surface area contributed by atoms with Crippen LogP contribution in [0.15, 0.2) is 22.6 Å². The third-order valence-corrected chi connectivity index (χ3v) is 3.22. The number of carbonyl (C=O) groups excluding carboxylic acids is 1. The van der Waals surface area contributed by atoms with Crippen LogP contribution in [0.1, 0.15) is 33.0 Å². The average Bonchev–Trinajstić information content (AvgIpc) is 2.58. The van der Waals surface area contributed by atoms with Crippen LogP contribution in [0.25, 0.3) is 0 Å². The van der Waals surface area contributed by atoms with E-state index in [0.717, 1.165) is 11.3 Å². The number of anilines is 1. The van der Waals surface area contributed by atoms with E-state index in [-0.39, 0.29) is 11.7 Å². The molecule has 19 heavy (non-hydrogen) atoms. The summed E-state index contributed by atoms with van der Waals surface area (Å²) in [5.41, 5.74) is 2.30. The van der Waals surface area contributed by atoms with Crippen molar-refractivity contribution in [1.29, 1.82) is 0 Å². The molecule has 0 bridgehead atoms. The number of rotatable bonds is 2. The van der Waals surface area contributed by atoms with Crippen molar-refractivity contribution < 1.29 is 13.6 Å². The summed E-state index contributed by atoms with van der Waals surface area (Å²) in [6.45, 7) is 7.06. The molecule has 2 aromatic rings. The lowest BCUT2D eigenvalue weighted by Gasteiger charge is -2.06. The fourth-order valence-corrected chi connectivity index (χ4v) is 1.99. The summed E-state index contributed by atoms with van der Waals surface area (Å²) in [4.78, 5) is 12.2. The third kappa shape index (κ3) is 2.52. The fourth-order valence-electron chi connectivity index (χ4n) is 1.99. The second kappa shape index (κ2) is 4.88. The number of benzene rings is 1. The second-order valence-corrected chi connectivity index (χ2v) is 4.63. The van der Waals surface area contributed by atoms with E-state index < -0.39 is 0 Å². The lowest BCUT2D eigenvalue weighted by molar-refractivity contribution is 0.102. The van der Waals surface area contributed by atoms with Gasteiger partial charge >= 0.3 is 0 Å². The van der Waals surface area contributed by atoms with E-state index in [9.17, 15) is 9.18 Å². The minimum atomic E-state index is -0.338. The average molecular weight is 261 g/mol. The molecule has 1 aromatic heterocycles. The Morgan fingerprint density at radius 3 is 2.37 bits per heavy atom. The summed E-state index contributed by atoms with van der Waals surface area (Å²) in [7, 11) is 0. The van der Waals surface area contributed by atoms with Gasteiger partial charge in [0.05, 0.1) is 5.56 Å². The van der Waals surface area contributed by atoms with Gasteiger partial charge in [0, 0.05) is 11.3 Å². The van der Waals surface area contributed by atoms with Crippen LogP contribution in [0, 0.1) is 33.5 Å². The summed E-state index contributed by atoms with van der Waals surface area (Å²) < 4.78 is 18.8. The lowest BCUT2D eigenvalue weighted by Crippen LogP contribution is -2.13. The zero-order valence-electron chi connectivity index (χ0n) is 11.4. The Labute approximate surface area is 111 Å². The van der Waals surface area contributed by atoms with Gasteiger partial charge in [0.25, 0.3) is 5.91 Å². The zero-order valence-corrected chi connectivity index (χ0v) is 11.4. The van der Waals surface area contributed by atoms with Crippen LogP contribution in [-0.2, 0) is 0 Å². The molecule has 0 aliphatic heterocycles. The summed E-state index contributed by atoms with van der Waals surface area (Å²) in [5, 5.41) is 2.68. The number of halogens is 1. The fraction of sp³-hybridized carbons (Fsp3) is 0.267. The van der Waals surface area contributed by atoms with Gasteiger partial charge in [0.1, 0.15) is 17.3 Å². The Hall–Kier alpha value is -2.10. The molecule has 0 spiro atoms. The van der Waals surface area contributed by atoms with Gasteiger partial charge < -0.3 is 9.73 Å². The minimum absolute atomic E-state index is 0.282. The standard InChI is InChI=1S/C15H16FNO2/c1-8-5-6-12(7-13(8)16)17-15(18)14-9(2)10(3)19-11(14)4/h5-7H,1-4H3,(H,17,18). The number of carbonyl (C=O) groups is 1. The molecule has 0 fully saturated rings. The highest BCUT2D eigenvalue weighted by molar-refractivity contribution is 6.06. The van der Waals surface area contributed by atoms with Gasteiger partial charge in [-0.25, -0.2) is 4.39 Å². The van der Waals surface area contributed by atoms with Crippen molar-refractivity contribution in [2.45, 2.75) is 27.7 Å². The molecule has 0 atom stereocenters. The molecule has 0 saturated heterocycles. The highest BCUT2D eigenvalue weighted by atomic mass is 19.1. The molecule has 2 rings (SSSR count). The Morgan fingerprint density at radius 1 is 1.16 bits per heavy atom. The molecule has 1 aromatic carbocycles. The maximum Gasteiger partial charge on any atom is 0.259 e. The van der Waals surface area contributed by atoms with Crippen molar-refractivity contribution in [2.75, 3.05) is 5.32 Å². The van der Waals surface area contributed by atoms with E-state index >= 15 is 0 Å². The smallest absolute Gasteiger partial charge is 0.259 e. The third-order valence-electron chi connectivity index (χ3n) is 3.22. The van der Waals surface area contributed by atoms with E-state index in [1.807, 2.05) is 13.8 Å². The highest BCUT2D eigenvalue weighted by Crippen LogP contribution is 2.22. The van der Waals surface area contributed by atoms with Crippen molar-refractivity contribution in [3.63, 3.8) is 0 Å². The van der Waals surface area contributed by atoms with Gasteiger partial charge in [-0.3, -0.25) is 4.79 Å². The van der Waals surface area contributed by atoms with E-state index in [0.29, 0.717) is 22.6 Å². The Kier molecular flexibility index (Phi) is 3.42. The molecule has 1 heterocycles. The van der Waals surface area contributed by atoms with Crippen LogP contribution < -0.4 is 5.32 Å². The van der Waals surface area contributed by atoms with E-state index in [1.54, 1.807) is 26.0 Å². The van der Waals surface area contributed by atoms with Gasteiger partial charge in [-0.2, -0.15) is 0 Å². The molecule has 100 valence electrons. The normalized spacial score (nSPS) is 10.6. The van der Waals surface area contributed by atoms with Gasteiger partial charge in [-0.15, -0.1) is 0 Å². The van der Waals surface area contributed by atoms with Crippen LogP contribution in [-0.4, -0.2) is 5.91 Å². The Morgan fingerprint density at radius 2 is 1.84 bits per heavy atom. The van der Waals surface area contributed by atoms with E-state index in [2.05, 4.69) is 5.32 Å². The number of hydrogen-bond donors (Lipinski definition) is 1. The van der Waals surface area contributed by atoms with Crippen LogP contribution in [0.5, 0.6) is 0 Å². The molecule has 0 aliphatic rings. The zero-order chi connectivity index (χ0) is 14.2. The van der Waals surface area contributed by atoms with Crippen LogP contribution >= 0.6 is 0 Å². The minimum Gasteiger partial charge on any atom is -0.466 e. The van der Waals surface area contributed by atoms with Crippen LogP contribution in [0.2, 0.25) is 0 Å². The van der Waals surface area contributed by atoms with E-state index in [4.69, 9.17) is 4.42 Å². The first kappa shape index (κ1) is 13.3. The summed E-state index contributed by atoms with van der Waals surface area (Å²) >= 11 is 0. The Bertz CT molecular complexity index is 644. The first-order valence-electron chi connectivity index (χ1n) is 6.04. The first-order chi connectivity index (χ1) is 8.90. The summed E-state index contributed by atoms with van der Waals surface area (Å²) in [5.74, 6) is 0.669. The number of amides is 1. The molecule has 0 unspecified atom stereocenters. The van der Waals surface area contributed by atoms with Gasteiger partial charge in [0.15, 0.2) is 0 Å². The molecule has 1 N–H and O–H groups in total. The van der Waals surface area contributed by atoms with Crippen molar-refractivity contribution in [3.8, 4) is 0 Å². The summed E-state index contributed by atoms with van der Waals surface area (Å²) in [6, 6.07) is 4.62. The van der Waals surface area contributed by atoms with Crippen molar-refractivity contribution in [1.82, 2.24) is 0 Å². The molecule has 4 heteroatoms. The molecular weight excluding hydrogens is 245 g/mol. The maximum atomic E-state index is 13.4. The Balaban J connectivity index is 2.28. The van der Waals surface area contributed by atoms with Crippen LogP contribution in [0.3, 0.4) is 0 Å². The topological polar surface area (TPSA) is 42.2 Å². The molecule has 0 saturated carbocycles. The maximum absolute atomic E-state index is 13.4. The van der Waals surface area contributed by atoms with Crippen molar-refractivity contribution in [2.24, 2.45) is 0 Å². The molecule has 3 nitrogen and oxygen atoms in total. The monoisotopic (exact) mass is 261 g/mol. The molecule has 0 aliphatic carbocycles. The number of nitrogens with one attached hydrogen (secondary N) is 1. The molecule has 0 radical (unpaired) electrons. The number of hydrogen-bond acceptors (Lipinski definition) is 2. The summed E-state index contributed by atoms with van der Waals surface area (Å²) in [6.07, 6.45) is 0. The van der Waals surface area contributed by atoms with Gasteiger partial charge in [-0.1, -0.05) is 6.07 Å². The molecule has 1 amide bonds. The van der Waals surface area contributed by atoms with E-state index in [1.165, 1.54) is 6.07 Å². The number of aryl methyl sites for hydroxylation is 3. The predicted molar refractivity (Wildman–Crippen MR) is 72.0 cm³/mol. The highest BCUT2D eigenvalue weighted by Gasteiger charge is 2.18. The largest absolute Gasteiger partial charge is 0.466 e. The van der Waals surface area contributed by atoms with Gasteiger partial charge in [-0.05, 0) is 45.4 Å².